The number of fused-ring (bicyclic) bond motifs is 3. The van der Waals surface area contributed by atoms with Crippen molar-refractivity contribution in [3.8, 4) is 5.75 Å². The predicted molar refractivity (Wildman–Crippen MR) is 104 cm³/mol. The lowest BCUT2D eigenvalue weighted by Crippen LogP contribution is -2.25. The van der Waals surface area contributed by atoms with E-state index < -0.39 is 0 Å². The van der Waals surface area contributed by atoms with Crippen LogP contribution in [0.15, 0.2) is 35.4 Å². The first-order valence-corrected chi connectivity index (χ1v) is 9.71. The number of benzene rings is 1. The normalized spacial score (nSPS) is 15.5. The fraction of sp³-hybridized carbons (Fsp3) is 0.400. The topological polar surface area (TPSA) is 90.1 Å². The van der Waals surface area contributed by atoms with Gasteiger partial charge in [0.1, 0.15) is 17.9 Å². The SMILES string of the molecule is Cn1c(=O)n2nc(COc3ccc(C4CCCCC4)cc3)nc2c2[nH]cnc21. The Morgan fingerprint density at radius 1 is 1.14 bits per heavy atom. The van der Waals surface area contributed by atoms with Crippen LogP contribution < -0.4 is 10.4 Å². The van der Waals surface area contributed by atoms with Crippen molar-refractivity contribution in [1.29, 1.82) is 0 Å². The first-order chi connectivity index (χ1) is 13.7. The molecule has 3 heterocycles. The molecule has 0 saturated heterocycles. The van der Waals surface area contributed by atoms with E-state index in [2.05, 4.69) is 32.2 Å². The molecule has 8 heteroatoms. The molecule has 1 N–H and O–H groups in total. The van der Waals surface area contributed by atoms with Crippen LogP contribution in [0.5, 0.6) is 5.75 Å². The van der Waals surface area contributed by atoms with Crippen molar-refractivity contribution in [2.45, 2.75) is 44.6 Å². The molecule has 28 heavy (non-hydrogen) atoms. The van der Waals surface area contributed by atoms with Gasteiger partial charge in [0.2, 0.25) is 0 Å². The van der Waals surface area contributed by atoms with E-state index in [1.807, 2.05) is 12.1 Å². The third-order valence-corrected chi connectivity index (χ3v) is 5.60. The van der Waals surface area contributed by atoms with Crippen LogP contribution in [0, 0.1) is 0 Å². The van der Waals surface area contributed by atoms with Gasteiger partial charge in [0.25, 0.3) is 0 Å². The molecular weight excluding hydrogens is 356 g/mol. The van der Waals surface area contributed by atoms with Crippen LogP contribution in [0.2, 0.25) is 0 Å². The number of hydrogen-bond acceptors (Lipinski definition) is 5. The fourth-order valence-corrected chi connectivity index (χ4v) is 4.07. The monoisotopic (exact) mass is 378 g/mol. The van der Waals surface area contributed by atoms with E-state index in [-0.39, 0.29) is 12.3 Å². The van der Waals surface area contributed by atoms with E-state index in [9.17, 15) is 4.79 Å². The Morgan fingerprint density at radius 3 is 2.71 bits per heavy atom. The van der Waals surface area contributed by atoms with Crippen LogP contribution in [0.4, 0.5) is 0 Å². The zero-order chi connectivity index (χ0) is 19.1. The molecule has 1 aliphatic rings. The number of rotatable bonds is 4. The largest absolute Gasteiger partial charge is 0.486 e. The summed E-state index contributed by atoms with van der Waals surface area (Å²) in [7, 11) is 1.66. The van der Waals surface area contributed by atoms with Crippen molar-refractivity contribution >= 4 is 16.8 Å². The Balaban J connectivity index is 1.36. The number of imidazole rings is 1. The third-order valence-electron chi connectivity index (χ3n) is 5.60. The molecule has 0 amide bonds. The van der Waals surface area contributed by atoms with Crippen LogP contribution in [-0.4, -0.2) is 29.1 Å². The molecule has 1 fully saturated rings. The van der Waals surface area contributed by atoms with Gasteiger partial charge in [0, 0.05) is 7.05 Å². The van der Waals surface area contributed by atoms with E-state index in [1.165, 1.54) is 46.8 Å². The zero-order valence-electron chi connectivity index (χ0n) is 15.8. The van der Waals surface area contributed by atoms with E-state index in [4.69, 9.17) is 4.74 Å². The van der Waals surface area contributed by atoms with E-state index in [0.717, 1.165) is 5.75 Å². The second-order valence-corrected chi connectivity index (χ2v) is 7.40. The second-order valence-electron chi connectivity index (χ2n) is 7.40. The van der Waals surface area contributed by atoms with Crippen LogP contribution in [0.1, 0.15) is 49.4 Å². The summed E-state index contributed by atoms with van der Waals surface area (Å²) in [6, 6.07) is 8.33. The molecule has 0 spiro atoms. The van der Waals surface area contributed by atoms with E-state index in [0.29, 0.717) is 28.6 Å². The molecule has 0 unspecified atom stereocenters. The van der Waals surface area contributed by atoms with Crippen molar-refractivity contribution < 1.29 is 4.74 Å². The van der Waals surface area contributed by atoms with Crippen molar-refractivity contribution in [3.63, 3.8) is 0 Å². The van der Waals surface area contributed by atoms with Gasteiger partial charge in [0.05, 0.1) is 6.33 Å². The predicted octanol–water partition coefficient (Wildman–Crippen LogP) is 2.93. The van der Waals surface area contributed by atoms with E-state index in [1.54, 1.807) is 13.4 Å². The lowest BCUT2D eigenvalue weighted by Gasteiger charge is -2.22. The third kappa shape index (κ3) is 2.85. The molecule has 0 atom stereocenters. The summed E-state index contributed by atoms with van der Waals surface area (Å²) in [5, 5.41) is 4.31. The van der Waals surface area contributed by atoms with Crippen LogP contribution >= 0.6 is 0 Å². The second kappa shape index (κ2) is 6.78. The maximum atomic E-state index is 12.4. The van der Waals surface area contributed by atoms with Crippen molar-refractivity contribution in [3.05, 3.63) is 52.5 Å². The Labute approximate surface area is 161 Å². The average molecular weight is 378 g/mol. The number of H-pyrrole nitrogens is 1. The first-order valence-electron chi connectivity index (χ1n) is 9.71. The number of aromatic amines is 1. The fourth-order valence-electron chi connectivity index (χ4n) is 4.07. The molecule has 3 aromatic heterocycles. The summed E-state index contributed by atoms with van der Waals surface area (Å²) >= 11 is 0. The molecule has 1 aliphatic carbocycles. The minimum atomic E-state index is -0.287. The van der Waals surface area contributed by atoms with Gasteiger partial charge in [-0.25, -0.2) is 14.8 Å². The van der Waals surface area contributed by atoms with Gasteiger partial charge >= 0.3 is 5.69 Å². The number of ether oxygens (including phenoxy) is 1. The van der Waals surface area contributed by atoms with Crippen LogP contribution in [0.3, 0.4) is 0 Å². The zero-order valence-corrected chi connectivity index (χ0v) is 15.8. The molecule has 5 rings (SSSR count). The van der Waals surface area contributed by atoms with Gasteiger partial charge in [0.15, 0.2) is 17.1 Å². The Hall–Kier alpha value is -3.16. The smallest absolute Gasteiger partial charge is 0.352 e. The van der Waals surface area contributed by atoms with Crippen molar-refractivity contribution in [2.75, 3.05) is 0 Å². The molecule has 0 radical (unpaired) electrons. The molecular formula is C20H22N6O2. The Bertz CT molecular complexity index is 1180. The highest BCUT2D eigenvalue weighted by atomic mass is 16.5. The summed E-state index contributed by atoms with van der Waals surface area (Å²) in [6.45, 7) is 0.198. The van der Waals surface area contributed by atoms with Crippen molar-refractivity contribution in [1.82, 2.24) is 29.1 Å². The highest BCUT2D eigenvalue weighted by molar-refractivity contribution is 5.84. The Kier molecular flexibility index (Phi) is 4.11. The maximum Gasteiger partial charge on any atom is 0.352 e. The average Bonchev–Trinajstić information content (AvgIpc) is 3.39. The van der Waals surface area contributed by atoms with Crippen molar-refractivity contribution in [2.24, 2.45) is 7.05 Å². The van der Waals surface area contributed by atoms with Gasteiger partial charge in [-0.1, -0.05) is 31.4 Å². The highest BCUT2D eigenvalue weighted by Crippen LogP contribution is 2.33. The molecule has 0 bridgehead atoms. The molecule has 4 aromatic rings. The number of hydrogen-bond donors (Lipinski definition) is 1. The maximum absolute atomic E-state index is 12.4. The number of aromatic nitrogens is 6. The van der Waals surface area contributed by atoms with E-state index >= 15 is 0 Å². The van der Waals surface area contributed by atoms with Gasteiger partial charge in [-0.15, -0.1) is 5.10 Å². The molecule has 8 nitrogen and oxygen atoms in total. The number of nitrogens with one attached hydrogen (secondary N) is 1. The summed E-state index contributed by atoms with van der Waals surface area (Å²) in [5.74, 6) is 1.91. The molecule has 0 aliphatic heterocycles. The first kappa shape index (κ1) is 17.0. The van der Waals surface area contributed by atoms with Gasteiger partial charge in [-0.05, 0) is 36.5 Å². The summed E-state index contributed by atoms with van der Waals surface area (Å²) in [5.41, 5.74) is 2.79. The summed E-state index contributed by atoms with van der Waals surface area (Å²) < 4.78 is 8.58. The minimum absolute atomic E-state index is 0.198. The van der Waals surface area contributed by atoms with Gasteiger partial charge in [-0.2, -0.15) is 4.52 Å². The molecule has 1 saturated carbocycles. The summed E-state index contributed by atoms with van der Waals surface area (Å²) in [6.07, 6.45) is 8.11. The van der Waals surface area contributed by atoms with Crippen LogP contribution in [0.25, 0.3) is 16.8 Å². The quantitative estimate of drug-likeness (QED) is 0.590. The lowest BCUT2D eigenvalue weighted by atomic mass is 9.84. The minimum Gasteiger partial charge on any atom is -0.486 e. The van der Waals surface area contributed by atoms with Gasteiger partial charge < -0.3 is 9.72 Å². The standard InChI is InChI=1S/C20H22N6O2/c1-25-18-17(21-12-22-18)19-23-16(24-26(19)20(25)27)11-28-15-9-7-14(8-10-15)13-5-3-2-4-6-13/h7-10,12-13H,2-6,11H2,1H3,(H,21,22). The van der Waals surface area contributed by atoms with Crippen LogP contribution in [-0.2, 0) is 13.7 Å². The number of aryl methyl sites for hydroxylation is 1. The Morgan fingerprint density at radius 2 is 1.93 bits per heavy atom. The summed E-state index contributed by atoms with van der Waals surface area (Å²) in [4.78, 5) is 24.1. The molecule has 144 valence electrons. The van der Waals surface area contributed by atoms with Gasteiger partial charge in [-0.3, -0.25) is 4.57 Å². The molecule has 1 aromatic carbocycles. The highest BCUT2D eigenvalue weighted by Gasteiger charge is 2.17. The number of nitrogens with zero attached hydrogens (tertiary/aromatic N) is 5. The lowest BCUT2D eigenvalue weighted by molar-refractivity contribution is 0.295.